The standard InChI is InChI=1S/C10H18N2O2/c11-7-3-4-8-12-9(13)5-1-2-6-10(12)14/h1-8,11H2. The molecule has 0 aromatic heterocycles. The van der Waals surface area contributed by atoms with E-state index in [0.717, 1.165) is 25.7 Å². The summed E-state index contributed by atoms with van der Waals surface area (Å²) in [5, 5.41) is 0. The monoisotopic (exact) mass is 198 g/mol. The Morgan fingerprint density at radius 1 is 1.07 bits per heavy atom. The number of carbonyl (C=O) groups excluding carboxylic acids is 2. The first kappa shape index (κ1) is 11.2. The fraction of sp³-hybridized carbons (Fsp3) is 0.800. The molecular weight excluding hydrogens is 180 g/mol. The van der Waals surface area contributed by atoms with Gasteiger partial charge in [-0.05, 0) is 32.2 Å². The third kappa shape index (κ3) is 3.10. The molecule has 14 heavy (non-hydrogen) atoms. The molecule has 0 spiro atoms. The highest BCUT2D eigenvalue weighted by atomic mass is 16.2. The highest BCUT2D eigenvalue weighted by Gasteiger charge is 2.22. The minimum absolute atomic E-state index is 0.00970. The smallest absolute Gasteiger partial charge is 0.229 e. The van der Waals surface area contributed by atoms with E-state index in [4.69, 9.17) is 5.73 Å². The fourth-order valence-electron chi connectivity index (χ4n) is 1.63. The Labute approximate surface area is 84.4 Å². The van der Waals surface area contributed by atoms with Crippen molar-refractivity contribution in [2.75, 3.05) is 13.1 Å². The Kier molecular flexibility index (Phi) is 4.59. The van der Waals surface area contributed by atoms with Gasteiger partial charge in [0.05, 0.1) is 0 Å². The Morgan fingerprint density at radius 3 is 2.14 bits per heavy atom. The Bertz CT molecular complexity index is 198. The molecule has 4 nitrogen and oxygen atoms in total. The lowest BCUT2D eigenvalue weighted by molar-refractivity contribution is -0.143. The lowest BCUT2D eigenvalue weighted by Gasteiger charge is -2.18. The Morgan fingerprint density at radius 2 is 1.64 bits per heavy atom. The van der Waals surface area contributed by atoms with E-state index in [1.807, 2.05) is 0 Å². The number of unbranched alkanes of at least 4 members (excludes halogenated alkanes) is 1. The molecule has 0 aliphatic carbocycles. The molecule has 1 saturated heterocycles. The van der Waals surface area contributed by atoms with Gasteiger partial charge in [-0.3, -0.25) is 14.5 Å². The van der Waals surface area contributed by atoms with Crippen LogP contribution in [0.2, 0.25) is 0 Å². The summed E-state index contributed by atoms with van der Waals surface area (Å²) in [6, 6.07) is 0. The van der Waals surface area contributed by atoms with E-state index in [1.54, 1.807) is 0 Å². The van der Waals surface area contributed by atoms with Crippen LogP contribution in [0.25, 0.3) is 0 Å². The van der Waals surface area contributed by atoms with Crippen molar-refractivity contribution in [3.63, 3.8) is 0 Å². The van der Waals surface area contributed by atoms with Gasteiger partial charge in [0.15, 0.2) is 0 Å². The number of hydrogen-bond acceptors (Lipinski definition) is 3. The second-order valence-corrected chi connectivity index (χ2v) is 3.64. The molecule has 0 unspecified atom stereocenters. The number of hydrogen-bond donors (Lipinski definition) is 1. The zero-order valence-electron chi connectivity index (χ0n) is 8.50. The Hall–Kier alpha value is -0.900. The van der Waals surface area contributed by atoms with Gasteiger partial charge in [0.2, 0.25) is 11.8 Å². The molecule has 2 N–H and O–H groups in total. The van der Waals surface area contributed by atoms with Gasteiger partial charge in [0, 0.05) is 19.4 Å². The molecule has 80 valence electrons. The first-order valence-corrected chi connectivity index (χ1v) is 5.29. The summed E-state index contributed by atoms with van der Waals surface area (Å²) in [5.74, 6) is -0.0194. The molecule has 0 atom stereocenters. The highest BCUT2D eigenvalue weighted by molar-refractivity contribution is 5.95. The van der Waals surface area contributed by atoms with E-state index in [2.05, 4.69) is 0 Å². The molecule has 1 aliphatic heterocycles. The van der Waals surface area contributed by atoms with Crippen LogP contribution in [0.5, 0.6) is 0 Å². The van der Waals surface area contributed by atoms with Crippen molar-refractivity contribution in [3.05, 3.63) is 0 Å². The molecule has 0 aromatic rings. The van der Waals surface area contributed by atoms with Crippen LogP contribution in [-0.4, -0.2) is 29.8 Å². The normalized spacial score (nSPS) is 18.5. The van der Waals surface area contributed by atoms with Crippen LogP contribution >= 0.6 is 0 Å². The average molecular weight is 198 g/mol. The highest BCUT2D eigenvalue weighted by Crippen LogP contribution is 2.12. The van der Waals surface area contributed by atoms with Crippen LogP contribution < -0.4 is 5.73 Å². The van der Waals surface area contributed by atoms with Gasteiger partial charge in [0.1, 0.15) is 0 Å². The molecule has 0 saturated carbocycles. The minimum Gasteiger partial charge on any atom is -0.330 e. The molecular formula is C10H18N2O2. The minimum atomic E-state index is -0.00970. The van der Waals surface area contributed by atoms with Gasteiger partial charge in [-0.25, -0.2) is 0 Å². The maximum Gasteiger partial charge on any atom is 0.229 e. The molecule has 1 fully saturated rings. The maximum absolute atomic E-state index is 11.5. The lowest BCUT2D eigenvalue weighted by atomic mass is 10.2. The predicted molar refractivity (Wildman–Crippen MR) is 53.5 cm³/mol. The molecule has 1 rings (SSSR count). The van der Waals surface area contributed by atoms with Gasteiger partial charge in [0.25, 0.3) is 0 Å². The van der Waals surface area contributed by atoms with Crippen molar-refractivity contribution >= 4 is 11.8 Å². The topological polar surface area (TPSA) is 63.4 Å². The van der Waals surface area contributed by atoms with Crippen molar-refractivity contribution < 1.29 is 9.59 Å². The van der Waals surface area contributed by atoms with E-state index in [1.165, 1.54) is 4.90 Å². The summed E-state index contributed by atoms with van der Waals surface area (Å²) in [6.45, 7) is 1.17. The molecule has 1 aliphatic rings. The third-order valence-corrected chi connectivity index (χ3v) is 2.47. The number of rotatable bonds is 4. The number of imide groups is 1. The summed E-state index contributed by atoms with van der Waals surface area (Å²) >= 11 is 0. The van der Waals surface area contributed by atoms with Gasteiger partial charge in [-0.2, -0.15) is 0 Å². The maximum atomic E-state index is 11.5. The van der Waals surface area contributed by atoms with Crippen molar-refractivity contribution in [2.24, 2.45) is 5.73 Å². The molecule has 1 heterocycles. The second kappa shape index (κ2) is 5.75. The summed E-state index contributed by atoms with van der Waals surface area (Å²) < 4.78 is 0. The van der Waals surface area contributed by atoms with Gasteiger partial charge in [-0.1, -0.05) is 0 Å². The van der Waals surface area contributed by atoms with E-state index in [9.17, 15) is 9.59 Å². The number of nitrogens with two attached hydrogens (primary N) is 1. The molecule has 2 amide bonds. The van der Waals surface area contributed by atoms with Crippen LogP contribution in [0.3, 0.4) is 0 Å². The summed E-state index contributed by atoms with van der Waals surface area (Å²) in [4.78, 5) is 24.4. The first-order chi connectivity index (χ1) is 6.75. The number of carbonyl (C=O) groups is 2. The number of nitrogens with zero attached hydrogens (tertiary/aromatic N) is 1. The predicted octanol–water partition coefficient (Wildman–Crippen LogP) is 0.654. The van der Waals surface area contributed by atoms with Crippen molar-refractivity contribution in [1.29, 1.82) is 0 Å². The largest absolute Gasteiger partial charge is 0.330 e. The van der Waals surface area contributed by atoms with Crippen molar-refractivity contribution in [2.45, 2.75) is 38.5 Å². The number of amides is 2. The SMILES string of the molecule is NCCCCN1C(=O)CCCCC1=O. The zero-order chi connectivity index (χ0) is 10.4. The van der Waals surface area contributed by atoms with E-state index >= 15 is 0 Å². The van der Waals surface area contributed by atoms with Crippen molar-refractivity contribution in [1.82, 2.24) is 4.90 Å². The van der Waals surface area contributed by atoms with Gasteiger partial charge >= 0.3 is 0 Å². The zero-order valence-corrected chi connectivity index (χ0v) is 8.50. The summed E-state index contributed by atoms with van der Waals surface area (Å²) in [5.41, 5.74) is 5.36. The second-order valence-electron chi connectivity index (χ2n) is 3.64. The van der Waals surface area contributed by atoms with Crippen LogP contribution in [-0.2, 0) is 9.59 Å². The van der Waals surface area contributed by atoms with Crippen LogP contribution in [0.4, 0.5) is 0 Å². The van der Waals surface area contributed by atoms with E-state index in [-0.39, 0.29) is 11.8 Å². The lowest BCUT2D eigenvalue weighted by Crippen LogP contribution is -2.36. The first-order valence-electron chi connectivity index (χ1n) is 5.29. The van der Waals surface area contributed by atoms with E-state index in [0.29, 0.717) is 25.9 Å². The molecule has 4 heteroatoms. The van der Waals surface area contributed by atoms with Gasteiger partial charge < -0.3 is 5.73 Å². The van der Waals surface area contributed by atoms with E-state index < -0.39 is 0 Å². The quantitative estimate of drug-likeness (QED) is 0.533. The van der Waals surface area contributed by atoms with Crippen LogP contribution in [0, 0.1) is 0 Å². The number of likely N-dealkylation sites (tertiary alicyclic amines) is 1. The van der Waals surface area contributed by atoms with Gasteiger partial charge in [-0.15, -0.1) is 0 Å². The average Bonchev–Trinajstić information content (AvgIpc) is 2.32. The third-order valence-electron chi connectivity index (χ3n) is 2.47. The summed E-state index contributed by atoms with van der Waals surface area (Å²) in [7, 11) is 0. The summed E-state index contributed by atoms with van der Waals surface area (Å²) in [6.07, 6.45) is 4.43. The van der Waals surface area contributed by atoms with Crippen molar-refractivity contribution in [3.8, 4) is 0 Å². The van der Waals surface area contributed by atoms with Crippen LogP contribution in [0.15, 0.2) is 0 Å². The molecule has 0 aromatic carbocycles. The van der Waals surface area contributed by atoms with Crippen LogP contribution in [0.1, 0.15) is 38.5 Å². The molecule has 0 bridgehead atoms. The fourth-order valence-corrected chi connectivity index (χ4v) is 1.63. The molecule has 0 radical (unpaired) electrons. The Balaban J connectivity index is 2.44.